The highest BCUT2D eigenvalue weighted by molar-refractivity contribution is 7.92. The van der Waals surface area contributed by atoms with Crippen LogP contribution in [0.2, 0.25) is 5.02 Å². The van der Waals surface area contributed by atoms with Crippen molar-refractivity contribution in [3.05, 3.63) is 125 Å². The molecule has 246 valence electrons. The van der Waals surface area contributed by atoms with Gasteiger partial charge in [-0.3, -0.25) is 13.9 Å². The van der Waals surface area contributed by atoms with E-state index in [-0.39, 0.29) is 24.9 Å². The van der Waals surface area contributed by atoms with Crippen LogP contribution in [0.5, 0.6) is 11.5 Å². The average molecular weight is 674 g/mol. The number of hydrogen-bond acceptors (Lipinski definition) is 5. The zero-order valence-electron chi connectivity index (χ0n) is 26.4. The summed E-state index contributed by atoms with van der Waals surface area (Å²) in [5.74, 6) is 0.404. The number of hydrogen-bond donors (Lipinski definition) is 1. The van der Waals surface area contributed by atoms with Crippen molar-refractivity contribution in [1.29, 1.82) is 0 Å². The van der Waals surface area contributed by atoms with Gasteiger partial charge in [0.15, 0.2) is 0 Å². The molecule has 1 atom stereocenters. The number of para-hydroxylation sites is 1. The van der Waals surface area contributed by atoms with E-state index in [9.17, 15) is 18.0 Å². The van der Waals surface area contributed by atoms with Crippen molar-refractivity contribution < 1.29 is 22.7 Å². The fraction of sp³-hybridized carbons (Fsp3) is 0.297. The summed E-state index contributed by atoms with van der Waals surface area (Å²) in [7, 11) is -3.90. The van der Waals surface area contributed by atoms with Crippen molar-refractivity contribution in [3.8, 4) is 11.5 Å². The molecular weight excluding hydrogens is 634 g/mol. The van der Waals surface area contributed by atoms with Gasteiger partial charge in [-0.15, -0.1) is 0 Å². The Kier molecular flexibility index (Phi) is 11.6. The van der Waals surface area contributed by atoms with E-state index in [4.69, 9.17) is 16.3 Å². The molecule has 0 aromatic heterocycles. The first-order valence-electron chi connectivity index (χ1n) is 15.8. The number of rotatable bonds is 13. The minimum atomic E-state index is -3.90. The number of amides is 2. The van der Waals surface area contributed by atoms with Crippen LogP contribution < -0.4 is 14.4 Å². The molecule has 0 bridgehead atoms. The molecule has 0 aliphatic heterocycles. The summed E-state index contributed by atoms with van der Waals surface area (Å²) in [5, 5.41) is 3.76. The first kappa shape index (κ1) is 34.0. The molecule has 1 unspecified atom stereocenters. The molecule has 1 fully saturated rings. The number of carbonyl (C=O) groups is 2. The number of nitrogens with one attached hydrogen (secondary N) is 1. The highest BCUT2D eigenvalue weighted by Crippen LogP contribution is 2.27. The molecular formula is C37H40ClN3O5S. The SMILES string of the molecule is CS(=O)(=O)N(CC(=O)N(Cc1ccc(Cl)cc1)C(Cc1ccccc1)C(=O)NC1CCCCC1)c1ccc(Oc2ccccc2)cc1. The smallest absolute Gasteiger partial charge is 0.244 e. The lowest BCUT2D eigenvalue weighted by Gasteiger charge is -2.35. The van der Waals surface area contributed by atoms with E-state index in [0.717, 1.165) is 53.8 Å². The molecule has 1 saturated carbocycles. The van der Waals surface area contributed by atoms with E-state index in [1.165, 1.54) is 4.90 Å². The maximum Gasteiger partial charge on any atom is 0.244 e. The second-order valence-corrected chi connectivity index (χ2v) is 14.2. The number of nitrogens with zero attached hydrogens (tertiary/aromatic N) is 2. The molecule has 4 aromatic carbocycles. The Balaban J connectivity index is 1.45. The molecule has 8 nitrogen and oxygen atoms in total. The Morgan fingerprint density at radius 1 is 0.809 bits per heavy atom. The third-order valence-corrected chi connectivity index (χ3v) is 9.66. The third-order valence-electron chi connectivity index (χ3n) is 8.27. The summed E-state index contributed by atoms with van der Waals surface area (Å²) in [4.78, 5) is 29.9. The van der Waals surface area contributed by atoms with Gasteiger partial charge in [-0.1, -0.05) is 91.5 Å². The summed E-state index contributed by atoms with van der Waals surface area (Å²) < 4.78 is 33.2. The molecule has 0 spiro atoms. The van der Waals surface area contributed by atoms with Crippen molar-refractivity contribution in [2.45, 2.75) is 57.2 Å². The Morgan fingerprint density at radius 2 is 1.40 bits per heavy atom. The van der Waals surface area contributed by atoms with E-state index >= 15 is 0 Å². The number of ether oxygens (including phenoxy) is 1. The van der Waals surface area contributed by atoms with Crippen LogP contribution in [0.25, 0.3) is 0 Å². The Labute approximate surface area is 282 Å². The van der Waals surface area contributed by atoms with Gasteiger partial charge in [0.2, 0.25) is 21.8 Å². The Morgan fingerprint density at radius 3 is 2.02 bits per heavy atom. The largest absolute Gasteiger partial charge is 0.457 e. The summed E-state index contributed by atoms with van der Waals surface area (Å²) in [6, 6.07) is 31.5. The first-order chi connectivity index (χ1) is 22.7. The van der Waals surface area contributed by atoms with Crippen molar-refractivity contribution >= 4 is 39.1 Å². The molecule has 1 N–H and O–H groups in total. The lowest BCUT2D eigenvalue weighted by Crippen LogP contribution is -2.55. The maximum atomic E-state index is 14.4. The van der Waals surface area contributed by atoms with Crippen LogP contribution in [0, 0.1) is 0 Å². The van der Waals surface area contributed by atoms with E-state index in [0.29, 0.717) is 22.2 Å². The van der Waals surface area contributed by atoms with Gasteiger partial charge in [0.25, 0.3) is 0 Å². The van der Waals surface area contributed by atoms with E-state index < -0.39 is 28.5 Å². The van der Waals surface area contributed by atoms with Gasteiger partial charge in [-0.05, 0) is 72.5 Å². The van der Waals surface area contributed by atoms with Gasteiger partial charge < -0.3 is 15.0 Å². The monoisotopic (exact) mass is 673 g/mol. The summed E-state index contributed by atoms with van der Waals surface area (Å²) >= 11 is 6.16. The fourth-order valence-corrected chi connectivity index (χ4v) is 6.78. The van der Waals surface area contributed by atoms with Gasteiger partial charge in [0.1, 0.15) is 24.1 Å². The summed E-state index contributed by atoms with van der Waals surface area (Å²) in [5.41, 5.74) is 1.96. The van der Waals surface area contributed by atoms with E-state index in [1.54, 1.807) is 48.5 Å². The quantitative estimate of drug-likeness (QED) is 0.165. The van der Waals surface area contributed by atoms with Crippen molar-refractivity contribution in [2.75, 3.05) is 17.1 Å². The number of halogens is 1. The predicted molar refractivity (Wildman–Crippen MR) is 186 cm³/mol. The molecule has 2 amide bonds. The van der Waals surface area contributed by atoms with E-state index in [2.05, 4.69) is 5.32 Å². The summed E-state index contributed by atoms with van der Waals surface area (Å²) in [6.45, 7) is -0.402. The lowest BCUT2D eigenvalue weighted by atomic mass is 9.94. The summed E-state index contributed by atoms with van der Waals surface area (Å²) in [6.07, 6.45) is 6.34. The van der Waals surface area contributed by atoms with Crippen molar-refractivity contribution in [2.24, 2.45) is 0 Å². The zero-order chi connectivity index (χ0) is 33.2. The van der Waals surface area contributed by atoms with Crippen LogP contribution in [0.4, 0.5) is 5.69 Å². The van der Waals surface area contributed by atoms with Gasteiger partial charge in [0, 0.05) is 24.0 Å². The van der Waals surface area contributed by atoms with Gasteiger partial charge in [-0.25, -0.2) is 8.42 Å². The second kappa shape index (κ2) is 16.0. The first-order valence-corrected chi connectivity index (χ1v) is 18.1. The molecule has 0 radical (unpaired) electrons. The van der Waals surface area contributed by atoms with E-state index in [1.807, 2.05) is 60.7 Å². The number of carbonyl (C=O) groups excluding carboxylic acids is 2. The van der Waals surface area contributed by atoms with Crippen LogP contribution in [0.1, 0.15) is 43.2 Å². The van der Waals surface area contributed by atoms with Crippen molar-refractivity contribution in [1.82, 2.24) is 10.2 Å². The van der Waals surface area contributed by atoms with Crippen LogP contribution in [0.15, 0.2) is 109 Å². The molecule has 5 rings (SSSR count). The topological polar surface area (TPSA) is 96.0 Å². The number of benzene rings is 4. The molecule has 4 aromatic rings. The minimum Gasteiger partial charge on any atom is -0.457 e. The molecule has 47 heavy (non-hydrogen) atoms. The standard InChI is InChI=1S/C37H40ClN3O5S/c1-47(44,45)41(32-21-23-34(24-22-32)46-33-15-9-4-10-16-33)27-36(42)40(26-29-17-19-30(38)20-18-29)35(25-28-11-5-2-6-12-28)37(43)39-31-13-7-3-8-14-31/h2,4-6,9-12,15-24,31,35H,3,7-8,13-14,25-27H2,1H3,(H,39,43). The number of sulfonamides is 1. The third kappa shape index (κ3) is 9.83. The maximum absolute atomic E-state index is 14.4. The molecule has 10 heteroatoms. The van der Waals surface area contributed by atoms with Crippen LogP contribution in [-0.4, -0.2) is 50.0 Å². The molecule has 1 aliphatic rings. The average Bonchev–Trinajstić information content (AvgIpc) is 3.07. The predicted octanol–water partition coefficient (Wildman–Crippen LogP) is 6.99. The van der Waals surface area contributed by atoms with Crippen LogP contribution in [-0.2, 0) is 32.6 Å². The van der Waals surface area contributed by atoms with Crippen LogP contribution in [0.3, 0.4) is 0 Å². The Hall–Kier alpha value is -4.34. The van der Waals surface area contributed by atoms with Gasteiger partial charge in [0.05, 0.1) is 11.9 Å². The minimum absolute atomic E-state index is 0.0335. The molecule has 0 heterocycles. The van der Waals surface area contributed by atoms with Crippen molar-refractivity contribution in [3.63, 3.8) is 0 Å². The zero-order valence-corrected chi connectivity index (χ0v) is 28.0. The van der Waals surface area contributed by atoms with Gasteiger partial charge in [-0.2, -0.15) is 0 Å². The van der Waals surface area contributed by atoms with Gasteiger partial charge >= 0.3 is 0 Å². The Bertz CT molecular complexity index is 1710. The number of anilines is 1. The highest BCUT2D eigenvalue weighted by atomic mass is 35.5. The second-order valence-electron chi connectivity index (χ2n) is 11.9. The highest BCUT2D eigenvalue weighted by Gasteiger charge is 2.34. The fourth-order valence-electron chi connectivity index (χ4n) is 5.80. The molecule has 1 aliphatic carbocycles. The lowest BCUT2D eigenvalue weighted by molar-refractivity contribution is -0.140. The van der Waals surface area contributed by atoms with Crippen LogP contribution >= 0.6 is 11.6 Å². The normalized spacial score (nSPS) is 14.2. The molecule has 0 saturated heterocycles.